The van der Waals surface area contributed by atoms with Crippen molar-refractivity contribution in [2.24, 2.45) is 0 Å². The lowest BCUT2D eigenvalue weighted by molar-refractivity contribution is 0.0569. The average molecular weight is 552 g/mol. The number of carbonyl (C=O) groups is 3. The quantitative estimate of drug-likeness (QED) is 0.246. The molecule has 8 nitrogen and oxygen atoms in total. The van der Waals surface area contributed by atoms with Crippen LogP contribution in [0.4, 0.5) is 16.2 Å². The second-order valence-electron chi connectivity index (χ2n) is 10.8. The molecule has 0 spiro atoms. The predicted molar refractivity (Wildman–Crippen MR) is 160 cm³/mol. The molecule has 0 unspecified atom stereocenters. The minimum Gasteiger partial charge on any atom is -0.478 e. The Hall–Kier alpha value is -4.98. The van der Waals surface area contributed by atoms with Crippen molar-refractivity contribution >= 4 is 29.3 Å². The van der Waals surface area contributed by atoms with Crippen molar-refractivity contribution in [2.75, 3.05) is 10.2 Å². The summed E-state index contributed by atoms with van der Waals surface area (Å²) in [6.07, 6.45) is 2.60. The zero-order valence-corrected chi connectivity index (χ0v) is 23.7. The fourth-order valence-corrected chi connectivity index (χ4v) is 4.38. The third-order valence-corrected chi connectivity index (χ3v) is 6.19. The fourth-order valence-electron chi connectivity index (χ4n) is 4.38. The number of hydrogen-bond donors (Lipinski definition) is 2. The SMILES string of the molecule is CC(C)N(C(=O)OC(C)(C)C)c1ccccc1-c1ccc(C(=O)O)c(NC(=O)c2cncc(-c3ccccc3)c2)c1. The first-order valence-electron chi connectivity index (χ1n) is 13.3. The van der Waals surface area contributed by atoms with Gasteiger partial charge in [0.2, 0.25) is 0 Å². The highest BCUT2D eigenvalue weighted by atomic mass is 16.6. The first-order valence-corrected chi connectivity index (χ1v) is 13.3. The van der Waals surface area contributed by atoms with Crippen LogP contribution in [0, 0.1) is 0 Å². The van der Waals surface area contributed by atoms with E-state index in [1.54, 1.807) is 50.1 Å². The molecule has 210 valence electrons. The lowest BCUT2D eigenvalue weighted by Gasteiger charge is -2.31. The molecule has 0 saturated heterocycles. The number of pyridine rings is 1. The summed E-state index contributed by atoms with van der Waals surface area (Å²) in [5, 5.41) is 12.6. The smallest absolute Gasteiger partial charge is 0.415 e. The van der Waals surface area contributed by atoms with Gasteiger partial charge < -0.3 is 15.2 Å². The molecule has 8 heteroatoms. The van der Waals surface area contributed by atoms with Gasteiger partial charge in [-0.2, -0.15) is 0 Å². The van der Waals surface area contributed by atoms with E-state index in [9.17, 15) is 19.5 Å². The van der Waals surface area contributed by atoms with Crippen LogP contribution in [0.5, 0.6) is 0 Å². The molecule has 0 atom stereocenters. The Morgan fingerprint density at radius 2 is 1.54 bits per heavy atom. The van der Waals surface area contributed by atoms with Gasteiger partial charge in [0, 0.05) is 29.6 Å². The van der Waals surface area contributed by atoms with Crippen LogP contribution < -0.4 is 10.2 Å². The summed E-state index contributed by atoms with van der Waals surface area (Å²) >= 11 is 0. The minimum atomic E-state index is -1.19. The number of aromatic nitrogens is 1. The first kappa shape index (κ1) is 29.0. The van der Waals surface area contributed by atoms with Crippen LogP contribution in [0.15, 0.2) is 91.3 Å². The van der Waals surface area contributed by atoms with Gasteiger partial charge in [-0.1, -0.05) is 54.6 Å². The molecule has 4 aromatic rings. The second kappa shape index (κ2) is 12.0. The van der Waals surface area contributed by atoms with Crippen molar-refractivity contribution in [1.82, 2.24) is 4.98 Å². The van der Waals surface area contributed by atoms with E-state index in [1.807, 2.05) is 68.4 Å². The van der Waals surface area contributed by atoms with Gasteiger partial charge in [-0.15, -0.1) is 0 Å². The number of benzene rings is 3. The molecule has 0 saturated carbocycles. The van der Waals surface area contributed by atoms with E-state index in [4.69, 9.17) is 4.74 Å². The number of rotatable bonds is 7. The van der Waals surface area contributed by atoms with Crippen LogP contribution >= 0.6 is 0 Å². The number of amides is 2. The zero-order chi connectivity index (χ0) is 29.7. The van der Waals surface area contributed by atoms with Crippen LogP contribution in [0.2, 0.25) is 0 Å². The Kier molecular flexibility index (Phi) is 8.52. The maximum Gasteiger partial charge on any atom is 0.415 e. The molecule has 0 bridgehead atoms. The van der Waals surface area contributed by atoms with Gasteiger partial charge in [-0.05, 0) is 70.0 Å². The molecule has 0 aliphatic heterocycles. The number of carbonyl (C=O) groups excluding carboxylic acids is 2. The monoisotopic (exact) mass is 551 g/mol. The van der Waals surface area contributed by atoms with E-state index >= 15 is 0 Å². The maximum absolute atomic E-state index is 13.3. The molecular weight excluding hydrogens is 518 g/mol. The number of para-hydroxylation sites is 1. The van der Waals surface area contributed by atoms with E-state index in [1.165, 1.54) is 12.3 Å². The van der Waals surface area contributed by atoms with Gasteiger partial charge in [0.1, 0.15) is 5.60 Å². The largest absolute Gasteiger partial charge is 0.478 e. The molecular formula is C33H33N3O5. The van der Waals surface area contributed by atoms with Gasteiger partial charge in [-0.3, -0.25) is 14.7 Å². The molecule has 3 aromatic carbocycles. The van der Waals surface area contributed by atoms with E-state index in [2.05, 4.69) is 10.3 Å². The van der Waals surface area contributed by atoms with Crippen LogP contribution in [0.3, 0.4) is 0 Å². The first-order chi connectivity index (χ1) is 19.4. The van der Waals surface area contributed by atoms with Crippen molar-refractivity contribution in [3.63, 3.8) is 0 Å². The highest BCUT2D eigenvalue weighted by molar-refractivity contribution is 6.09. The van der Waals surface area contributed by atoms with Gasteiger partial charge in [0.05, 0.1) is 22.5 Å². The Labute approximate surface area is 239 Å². The number of carboxylic acid groups (broad SMARTS) is 1. The maximum atomic E-state index is 13.3. The highest BCUT2D eigenvalue weighted by Gasteiger charge is 2.28. The number of nitrogens with one attached hydrogen (secondary N) is 1. The zero-order valence-electron chi connectivity index (χ0n) is 23.7. The molecule has 0 aliphatic rings. The molecule has 0 fully saturated rings. The second-order valence-corrected chi connectivity index (χ2v) is 10.8. The summed E-state index contributed by atoms with van der Waals surface area (Å²) in [5.41, 5.74) is 3.19. The van der Waals surface area contributed by atoms with Crippen molar-refractivity contribution < 1.29 is 24.2 Å². The highest BCUT2D eigenvalue weighted by Crippen LogP contribution is 2.35. The molecule has 2 N–H and O–H groups in total. The van der Waals surface area contributed by atoms with Crippen molar-refractivity contribution in [2.45, 2.75) is 46.3 Å². The fraction of sp³-hybridized carbons (Fsp3) is 0.212. The Balaban J connectivity index is 1.72. The lowest BCUT2D eigenvalue weighted by atomic mass is 9.99. The molecule has 2 amide bonds. The summed E-state index contributed by atoms with van der Waals surface area (Å²) in [7, 11) is 0. The normalized spacial score (nSPS) is 11.2. The number of anilines is 2. The molecule has 41 heavy (non-hydrogen) atoms. The predicted octanol–water partition coefficient (Wildman–Crippen LogP) is 7.52. The van der Waals surface area contributed by atoms with Gasteiger partial charge in [0.15, 0.2) is 0 Å². The summed E-state index contributed by atoms with van der Waals surface area (Å²) in [6.45, 7) is 9.19. The third-order valence-electron chi connectivity index (χ3n) is 6.19. The summed E-state index contributed by atoms with van der Waals surface area (Å²) in [5.74, 6) is -1.69. The molecule has 0 aliphatic carbocycles. The van der Waals surface area contributed by atoms with Crippen molar-refractivity contribution in [1.29, 1.82) is 0 Å². The molecule has 0 radical (unpaired) electrons. The van der Waals surface area contributed by atoms with E-state index in [0.717, 1.165) is 11.1 Å². The number of nitrogens with zero attached hydrogens (tertiary/aromatic N) is 2. The van der Waals surface area contributed by atoms with Gasteiger partial charge >= 0.3 is 12.1 Å². The summed E-state index contributed by atoms with van der Waals surface area (Å²) in [6, 6.07) is 23.0. The van der Waals surface area contributed by atoms with Crippen LogP contribution in [0.25, 0.3) is 22.3 Å². The van der Waals surface area contributed by atoms with Crippen molar-refractivity contribution in [3.8, 4) is 22.3 Å². The van der Waals surface area contributed by atoms with E-state index in [-0.39, 0.29) is 22.9 Å². The van der Waals surface area contributed by atoms with Crippen LogP contribution in [-0.2, 0) is 4.74 Å². The Bertz CT molecular complexity index is 1580. The van der Waals surface area contributed by atoms with Crippen LogP contribution in [-0.4, -0.2) is 39.7 Å². The van der Waals surface area contributed by atoms with Crippen molar-refractivity contribution in [3.05, 3.63) is 102 Å². The standard InChI is InChI=1S/C33H33N3O5/c1-21(2)36(32(40)41-33(3,4)5)29-14-10-9-13-26(29)23-15-16-27(31(38)39)28(18-23)35-30(37)25-17-24(19-34-20-25)22-11-7-6-8-12-22/h6-21H,1-5H3,(H,35,37)(H,38,39). The molecule has 1 heterocycles. The number of hydrogen-bond acceptors (Lipinski definition) is 5. The number of aromatic carboxylic acids is 1. The number of carboxylic acids is 1. The third kappa shape index (κ3) is 6.97. The minimum absolute atomic E-state index is 0.0698. The summed E-state index contributed by atoms with van der Waals surface area (Å²) in [4.78, 5) is 44.3. The van der Waals surface area contributed by atoms with E-state index < -0.39 is 23.6 Å². The van der Waals surface area contributed by atoms with Gasteiger partial charge in [0.25, 0.3) is 5.91 Å². The van der Waals surface area contributed by atoms with Crippen LogP contribution in [0.1, 0.15) is 55.3 Å². The van der Waals surface area contributed by atoms with E-state index in [0.29, 0.717) is 16.8 Å². The molecule has 1 aromatic heterocycles. The lowest BCUT2D eigenvalue weighted by Crippen LogP contribution is -2.41. The molecule has 4 rings (SSSR count). The number of ether oxygens (including phenoxy) is 1. The average Bonchev–Trinajstić information content (AvgIpc) is 2.92. The van der Waals surface area contributed by atoms with Gasteiger partial charge in [-0.25, -0.2) is 9.59 Å². The topological polar surface area (TPSA) is 109 Å². The Morgan fingerprint density at radius 1 is 0.854 bits per heavy atom. The summed E-state index contributed by atoms with van der Waals surface area (Å²) < 4.78 is 5.67. The Morgan fingerprint density at radius 3 is 2.20 bits per heavy atom.